The number of anilines is 2. The highest BCUT2D eigenvalue weighted by molar-refractivity contribution is 5.99. The third-order valence-corrected chi connectivity index (χ3v) is 23.5. The number of esters is 1. The Morgan fingerprint density at radius 2 is 1.05 bits per heavy atom. The van der Waals surface area contributed by atoms with Crippen molar-refractivity contribution >= 4 is 75.6 Å². The fourth-order valence-electron chi connectivity index (χ4n) is 16.8. The molecule has 2 aromatic heterocycles. The molecule has 25 nitrogen and oxygen atoms in total. The molecule has 6 N–H and O–H groups in total. The van der Waals surface area contributed by atoms with Crippen LogP contribution in [0.3, 0.4) is 0 Å². The lowest BCUT2D eigenvalue weighted by atomic mass is 9.76. The summed E-state index contributed by atoms with van der Waals surface area (Å²) in [5, 5.41) is 32.0. The van der Waals surface area contributed by atoms with Gasteiger partial charge in [-0.2, -0.15) is 0 Å². The summed E-state index contributed by atoms with van der Waals surface area (Å²) in [5.41, 5.74) is 13.6. The van der Waals surface area contributed by atoms with Crippen molar-refractivity contribution in [2.24, 2.45) is 23.7 Å². The Labute approximate surface area is 700 Å². The maximum atomic E-state index is 15.4. The SMILES string of the molecule is CC(OCC(=O)O)OCc1ccc(NC(=O)[C@H](C)CC(=O)[C@@H](NC(=O)OCC2c3ccccc3-c3ccccc32)C(C)C)cc1.CC[C@@]1(O)C(=O)OCc2c1cc1n(c2=O)Cc2c-1nc1cc(F)c(C)c3c1c2[C@@H](CC(=O)COC(C)OCc1ccc(NC(=O)[C@H](C)CC(=O)[C@@H](NC(=O)OCC2c4ccccc4-c4ccccc42)C(C)C)cc1)CC3. The van der Waals surface area contributed by atoms with Crippen LogP contribution in [0.4, 0.5) is 25.4 Å². The summed E-state index contributed by atoms with van der Waals surface area (Å²) in [6, 6.07) is 47.6. The molecule has 8 atom stereocenters. The summed E-state index contributed by atoms with van der Waals surface area (Å²) in [5.74, 6) is -6.00. The summed E-state index contributed by atoms with van der Waals surface area (Å²) in [6.45, 7) is 17.1. The number of ether oxygens (including phenoxy) is 7. The molecule has 121 heavy (non-hydrogen) atoms. The van der Waals surface area contributed by atoms with Gasteiger partial charge in [0.25, 0.3) is 5.56 Å². The third-order valence-electron chi connectivity index (χ3n) is 23.5. The van der Waals surface area contributed by atoms with Gasteiger partial charge in [0.1, 0.15) is 38.9 Å². The molecule has 7 aromatic carbocycles. The molecular formula is C95H101FN6O19. The van der Waals surface area contributed by atoms with E-state index in [4.69, 9.17) is 43.2 Å². The minimum atomic E-state index is -2.00. The zero-order valence-corrected chi connectivity index (χ0v) is 69.4. The van der Waals surface area contributed by atoms with Crippen LogP contribution < -0.4 is 26.8 Å². The Balaban J connectivity index is 0.000000239. The molecule has 26 heteroatoms. The van der Waals surface area contributed by atoms with Crippen LogP contribution in [0.1, 0.15) is 179 Å². The van der Waals surface area contributed by atoms with Crippen molar-refractivity contribution in [3.05, 3.63) is 241 Å². The number of carbonyl (C=O) groups is 9. The van der Waals surface area contributed by atoms with Crippen molar-refractivity contribution in [2.45, 2.75) is 182 Å². The van der Waals surface area contributed by atoms with Gasteiger partial charge in [0, 0.05) is 76.9 Å². The Bertz CT molecular complexity index is 5440. The van der Waals surface area contributed by atoms with Gasteiger partial charge in [-0.15, -0.1) is 0 Å². The van der Waals surface area contributed by atoms with Crippen LogP contribution in [0.2, 0.25) is 0 Å². The highest BCUT2D eigenvalue weighted by Gasteiger charge is 2.47. The monoisotopic (exact) mass is 1650 g/mol. The summed E-state index contributed by atoms with van der Waals surface area (Å²) in [4.78, 5) is 135. The molecule has 4 heterocycles. The molecule has 3 aliphatic carbocycles. The van der Waals surface area contributed by atoms with Gasteiger partial charge in [0.05, 0.1) is 54.3 Å². The first-order valence-electron chi connectivity index (χ1n) is 41.1. The molecule has 0 radical (unpaired) electrons. The fraction of sp³-hybridized carbons (Fsp3) is 0.379. The second-order valence-electron chi connectivity index (χ2n) is 32.5. The van der Waals surface area contributed by atoms with Crippen LogP contribution in [-0.2, 0) is 105 Å². The quantitative estimate of drug-likeness (QED) is 0.0126. The summed E-state index contributed by atoms with van der Waals surface area (Å²) in [7, 11) is 0. The average molecular weight is 1650 g/mol. The predicted octanol–water partition coefficient (Wildman–Crippen LogP) is 14.9. The lowest BCUT2D eigenvalue weighted by Crippen LogP contribution is -2.45. The van der Waals surface area contributed by atoms with Gasteiger partial charge in [-0.05, 0) is 160 Å². The van der Waals surface area contributed by atoms with Crippen LogP contribution in [0, 0.1) is 36.4 Å². The van der Waals surface area contributed by atoms with Crippen molar-refractivity contribution in [3.8, 4) is 33.6 Å². The van der Waals surface area contributed by atoms with Crippen molar-refractivity contribution in [3.63, 3.8) is 0 Å². The Kier molecular flexibility index (Phi) is 27.1. The molecule has 9 aromatic rings. The molecule has 2 aliphatic heterocycles. The minimum Gasteiger partial charge on any atom is -0.480 e. The number of fused-ring (bicyclic) bond motifs is 11. The number of rotatable bonds is 33. The molecule has 14 rings (SSSR count). The number of nitrogens with zero attached hydrogens (tertiary/aromatic N) is 2. The topological polar surface area (TPSA) is 342 Å². The lowest BCUT2D eigenvalue weighted by molar-refractivity contribution is -0.172. The smallest absolute Gasteiger partial charge is 0.407 e. The van der Waals surface area contributed by atoms with E-state index >= 15 is 4.39 Å². The number of halogens is 1. The summed E-state index contributed by atoms with van der Waals surface area (Å²) < 4.78 is 55.9. The molecule has 0 spiro atoms. The first kappa shape index (κ1) is 86.9. The summed E-state index contributed by atoms with van der Waals surface area (Å²) >= 11 is 0. The average Bonchev–Trinajstić information content (AvgIpc) is 1.57. The predicted molar refractivity (Wildman–Crippen MR) is 449 cm³/mol. The second kappa shape index (κ2) is 37.8. The molecule has 5 aliphatic rings. The van der Waals surface area contributed by atoms with Gasteiger partial charge in [0.2, 0.25) is 11.8 Å². The van der Waals surface area contributed by atoms with E-state index in [1.165, 1.54) is 6.07 Å². The fourth-order valence-corrected chi connectivity index (χ4v) is 16.8. The second-order valence-corrected chi connectivity index (χ2v) is 32.5. The number of benzene rings is 7. The number of alkyl carbamates (subject to hydrolysis) is 2. The molecule has 0 saturated heterocycles. The molecule has 0 bridgehead atoms. The number of Topliss-reactive ketones (excluding diaryl/α,β-unsaturated/α-hetero) is 3. The number of ketones is 3. The van der Waals surface area contributed by atoms with E-state index in [2.05, 4.69) is 45.5 Å². The van der Waals surface area contributed by atoms with Crippen LogP contribution in [-0.4, -0.2) is 124 Å². The number of hydrogen-bond donors (Lipinski definition) is 6. The number of carbonyl (C=O) groups excluding carboxylic acids is 8. The Morgan fingerprint density at radius 3 is 1.50 bits per heavy atom. The highest BCUT2D eigenvalue weighted by Crippen LogP contribution is 2.50. The third kappa shape index (κ3) is 19.3. The van der Waals surface area contributed by atoms with E-state index in [1.807, 2.05) is 100 Å². The molecule has 0 fully saturated rings. The van der Waals surface area contributed by atoms with Gasteiger partial charge in [0.15, 0.2) is 35.5 Å². The van der Waals surface area contributed by atoms with Gasteiger partial charge in [-0.3, -0.25) is 28.8 Å². The standard InChI is InChI=1S/C60H61FN4O11.C35H40N2O8/c1-7-60(72)47-24-50-55-44(26-65(50)57(69)46(47)30-75-58(60)70)52-36(18-21-39-33(5)48(61)25-49(63-55)53(39)52)23-38(66)28-74-34(6)73-27-35-16-19-37(20-17-35)62-56(68)32(4)22-51(67)54(31(2)3)64-59(71)76-29-45-42-14-10-8-12-40(42)41-13-9-11-15-43(41)45;1-21(2)33(37-35(42)45-19-30-28-11-7-5-9-26(28)27-10-6-8-12-29(27)30)31(38)17-22(3)34(41)36-25-15-13-24(14-16-25)18-43-23(4)44-20-32(39)40/h8-17,19-20,24-25,31-32,34,36,45,54,72H,7,18,21-23,26-30H2,1-6H3,(H,62,68)(H,64,71);5-16,21-23,30,33H,17-20H2,1-4H3,(H,36,41)(H,37,42)(H,39,40)/t32-,34?,36-,54+,60+;22-,23?,33+/m11/s1. The highest BCUT2D eigenvalue weighted by atomic mass is 19.1. The van der Waals surface area contributed by atoms with E-state index < -0.39 is 84.2 Å². The number of carboxylic acids is 1. The number of carboxylic acid groups (broad SMARTS) is 1. The van der Waals surface area contributed by atoms with E-state index in [0.29, 0.717) is 46.7 Å². The number of aryl methyl sites for hydroxylation is 1. The maximum absolute atomic E-state index is 15.4. The normalized spacial score (nSPS) is 16.7. The van der Waals surface area contributed by atoms with Crippen LogP contribution in [0.15, 0.2) is 163 Å². The molecule has 2 unspecified atom stereocenters. The van der Waals surface area contributed by atoms with Crippen molar-refractivity contribution in [1.29, 1.82) is 0 Å². The van der Waals surface area contributed by atoms with Crippen LogP contribution >= 0.6 is 0 Å². The Morgan fingerprint density at radius 1 is 0.595 bits per heavy atom. The van der Waals surface area contributed by atoms with Crippen molar-refractivity contribution in [1.82, 2.24) is 20.2 Å². The largest absolute Gasteiger partial charge is 0.480 e. The number of aromatic nitrogens is 2. The number of aliphatic hydroxyl groups is 1. The minimum absolute atomic E-state index is 0.00759. The number of amides is 4. The number of nitrogens with one attached hydrogen (secondary N) is 4. The number of pyridine rings is 2. The number of hydrogen-bond acceptors (Lipinski definition) is 19. The lowest BCUT2D eigenvalue weighted by Gasteiger charge is -2.31. The maximum Gasteiger partial charge on any atom is 0.407 e. The summed E-state index contributed by atoms with van der Waals surface area (Å²) in [6.07, 6.45) is -1.78. The van der Waals surface area contributed by atoms with E-state index in [-0.39, 0.29) is 142 Å². The van der Waals surface area contributed by atoms with E-state index in [1.54, 1.807) is 101 Å². The first-order chi connectivity index (χ1) is 58.0. The molecule has 0 saturated carbocycles. The van der Waals surface area contributed by atoms with Gasteiger partial charge < -0.3 is 69.2 Å². The molecule has 4 amide bonds. The van der Waals surface area contributed by atoms with Crippen LogP contribution in [0.5, 0.6) is 0 Å². The number of cyclic esters (lactones) is 1. The zero-order valence-electron chi connectivity index (χ0n) is 69.4. The molecular weight excluding hydrogens is 1550 g/mol. The van der Waals surface area contributed by atoms with Crippen molar-refractivity contribution < 1.29 is 90.9 Å². The van der Waals surface area contributed by atoms with Gasteiger partial charge >= 0.3 is 24.1 Å². The zero-order chi connectivity index (χ0) is 86.3. The van der Waals surface area contributed by atoms with E-state index in [0.717, 1.165) is 77.7 Å². The first-order valence-corrected chi connectivity index (χ1v) is 41.1. The van der Waals surface area contributed by atoms with Gasteiger partial charge in [-0.1, -0.05) is 170 Å². The van der Waals surface area contributed by atoms with E-state index in [9.17, 15) is 53.1 Å². The number of aliphatic carboxylic acids is 1. The molecule has 632 valence electrons. The van der Waals surface area contributed by atoms with Crippen LogP contribution in [0.25, 0.3) is 44.5 Å². The Hall–Kier alpha value is -11.9. The van der Waals surface area contributed by atoms with Crippen molar-refractivity contribution in [2.75, 3.05) is 37.1 Å². The van der Waals surface area contributed by atoms with Gasteiger partial charge in [-0.25, -0.2) is 28.6 Å².